The third-order valence-electron chi connectivity index (χ3n) is 7.04. The predicted molar refractivity (Wildman–Crippen MR) is 105 cm³/mol. The molecule has 7 atom stereocenters. The highest BCUT2D eigenvalue weighted by Crippen LogP contribution is 2.68. The quantitative estimate of drug-likeness (QED) is 0.556. The first-order valence-electron chi connectivity index (χ1n) is 9.50. The maximum absolute atomic E-state index is 13.1. The number of aromatic nitrogens is 1. The van der Waals surface area contributed by atoms with E-state index in [9.17, 15) is 19.5 Å². The van der Waals surface area contributed by atoms with E-state index in [1.165, 1.54) is 18.4 Å². The van der Waals surface area contributed by atoms with Gasteiger partial charge in [-0.05, 0) is 30.2 Å². The van der Waals surface area contributed by atoms with Crippen molar-refractivity contribution in [1.82, 2.24) is 4.98 Å². The first-order valence-corrected chi connectivity index (χ1v) is 11.2. The van der Waals surface area contributed by atoms with Gasteiger partial charge in [0.2, 0.25) is 0 Å². The van der Waals surface area contributed by atoms with Crippen molar-refractivity contribution in [3.8, 4) is 11.5 Å². The molecule has 7 nitrogen and oxygen atoms in total. The van der Waals surface area contributed by atoms with Crippen molar-refractivity contribution in [1.29, 1.82) is 0 Å². The molecule has 29 heavy (non-hydrogen) atoms. The van der Waals surface area contributed by atoms with Gasteiger partial charge in [-0.2, -0.15) is 0 Å². The molecule has 2 saturated carbocycles. The lowest BCUT2D eigenvalue weighted by Gasteiger charge is -2.45. The Morgan fingerprint density at radius 3 is 2.90 bits per heavy atom. The zero-order valence-corrected chi connectivity index (χ0v) is 16.9. The molecule has 0 spiro atoms. The second kappa shape index (κ2) is 5.89. The van der Waals surface area contributed by atoms with Gasteiger partial charge in [-0.3, -0.25) is 14.4 Å². The van der Waals surface area contributed by atoms with E-state index in [2.05, 4.69) is 4.98 Å². The van der Waals surface area contributed by atoms with Gasteiger partial charge in [0.25, 0.3) is 0 Å². The monoisotopic (exact) mass is 431 g/mol. The van der Waals surface area contributed by atoms with Crippen LogP contribution in [0.15, 0.2) is 28.0 Å². The van der Waals surface area contributed by atoms with E-state index in [4.69, 9.17) is 9.47 Å². The summed E-state index contributed by atoms with van der Waals surface area (Å²) in [6, 6.07) is 5.52. The molecule has 1 aromatic heterocycles. The van der Waals surface area contributed by atoms with Gasteiger partial charge in [0.1, 0.15) is 0 Å². The maximum atomic E-state index is 13.1. The van der Waals surface area contributed by atoms with Gasteiger partial charge in [0.05, 0.1) is 24.0 Å². The van der Waals surface area contributed by atoms with Crippen LogP contribution in [0.1, 0.15) is 22.8 Å². The van der Waals surface area contributed by atoms with Gasteiger partial charge in [0, 0.05) is 21.6 Å². The van der Waals surface area contributed by atoms with E-state index in [-0.39, 0.29) is 33.8 Å². The van der Waals surface area contributed by atoms with E-state index in [1.807, 2.05) is 12.1 Å². The van der Waals surface area contributed by atoms with Gasteiger partial charge in [-0.25, -0.2) is 0 Å². The van der Waals surface area contributed by atoms with Crippen LogP contribution in [0, 0.1) is 29.6 Å². The fourth-order valence-corrected chi connectivity index (χ4v) is 9.04. The van der Waals surface area contributed by atoms with E-state index in [0.717, 1.165) is 15.5 Å². The number of benzene rings is 1. The smallest absolute Gasteiger partial charge is 0.315 e. The van der Waals surface area contributed by atoms with Crippen LogP contribution in [-0.4, -0.2) is 34.4 Å². The second-order valence-corrected chi connectivity index (χ2v) is 10.3. The molecule has 2 bridgehead atoms. The zero-order valence-electron chi connectivity index (χ0n) is 15.3. The van der Waals surface area contributed by atoms with E-state index >= 15 is 0 Å². The molecule has 0 amide bonds. The van der Waals surface area contributed by atoms with Crippen molar-refractivity contribution in [2.75, 3.05) is 7.11 Å². The number of H-pyrrole nitrogens is 1. The summed E-state index contributed by atoms with van der Waals surface area (Å²) < 4.78 is 11.3. The number of methoxy groups -OCH3 is 1. The highest BCUT2D eigenvalue weighted by Gasteiger charge is 2.67. The Morgan fingerprint density at radius 1 is 1.31 bits per heavy atom. The number of ether oxygens (including phenoxy) is 2. The minimum absolute atomic E-state index is 0.0463. The van der Waals surface area contributed by atoms with Crippen LogP contribution < -0.4 is 14.3 Å². The van der Waals surface area contributed by atoms with Crippen molar-refractivity contribution in [2.45, 2.75) is 22.6 Å². The highest BCUT2D eigenvalue weighted by molar-refractivity contribution is 8.00. The molecule has 2 N–H and O–H groups in total. The predicted octanol–water partition coefficient (Wildman–Crippen LogP) is 2.55. The molecule has 1 aromatic carbocycles. The first kappa shape index (κ1) is 17.6. The number of rotatable bonds is 2. The highest BCUT2D eigenvalue weighted by atomic mass is 32.2. The molecule has 3 heterocycles. The summed E-state index contributed by atoms with van der Waals surface area (Å²) in [6.45, 7) is 0. The number of carboxylic acids is 1. The molecule has 4 aliphatic rings. The number of carboxylic acid groups (broad SMARTS) is 1. The van der Waals surface area contributed by atoms with Crippen LogP contribution in [0.4, 0.5) is 0 Å². The number of thiazole rings is 1. The standard InChI is InChI=1S/C20H17NO6S2/c1-26-9-4-2-3-6-10-11-7-5-8(15(11)28-17-16(10)29-20(25)21-17)12(18(22)23)13(7)19(24)27-14(6)9/h2-4,7-8,10-13,15H,5H2,1H3,(H,21,25)(H,22,23)/t7-,8+,10+,11+,12+,13+,15+/m0/s1. The summed E-state index contributed by atoms with van der Waals surface area (Å²) in [7, 11) is 1.51. The summed E-state index contributed by atoms with van der Waals surface area (Å²) in [4.78, 5) is 41.2. The lowest BCUT2D eigenvalue weighted by molar-refractivity contribution is -0.156. The Labute approximate surface area is 173 Å². The summed E-state index contributed by atoms with van der Waals surface area (Å²) in [5.74, 6) is -2.28. The Balaban J connectivity index is 1.65. The Morgan fingerprint density at radius 2 is 2.14 bits per heavy atom. The van der Waals surface area contributed by atoms with E-state index in [1.54, 1.807) is 17.8 Å². The molecular weight excluding hydrogens is 414 g/mol. The van der Waals surface area contributed by atoms with Crippen LogP contribution in [0.5, 0.6) is 11.5 Å². The van der Waals surface area contributed by atoms with Crippen LogP contribution in [0.3, 0.4) is 0 Å². The van der Waals surface area contributed by atoms with Crippen molar-refractivity contribution in [2.24, 2.45) is 29.6 Å². The number of esters is 1. The Kier molecular flexibility index (Phi) is 3.57. The van der Waals surface area contributed by atoms with Gasteiger partial charge >= 0.3 is 16.8 Å². The second-order valence-electron chi connectivity index (χ2n) is 8.10. The van der Waals surface area contributed by atoms with Crippen LogP contribution in [0.25, 0.3) is 0 Å². The molecule has 0 unspecified atom stereocenters. The first-order chi connectivity index (χ1) is 14.0. The third-order valence-corrected chi connectivity index (χ3v) is 9.63. The SMILES string of the molecule is COc1cccc2c1OC(=O)[C@@H]1[C@H]3C[C@@H]([C@H]4Sc5[nH]c(=O)sc5[C@H]2[C@@H]34)[C@H]1C(=O)O. The molecule has 2 aliphatic carbocycles. The molecule has 150 valence electrons. The zero-order chi connectivity index (χ0) is 20.0. The largest absolute Gasteiger partial charge is 0.493 e. The molecule has 2 aliphatic heterocycles. The van der Waals surface area contributed by atoms with Crippen LogP contribution >= 0.6 is 23.1 Å². The average Bonchev–Trinajstić information content (AvgIpc) is 3.35. The molecule has 6 rings (SSSR count). The van der Waals surface area contributed by atoms with Crippen LogP contribution in [-0.2, 0) is 9.59 Å². The normalized spacial score (nSPS) is 35.9. The number of hydrogen-bond acceptors (Lipinski definition) is 7. The number of carbonyl (C=O) groups is 2. The van der Waals surface area contributed by atoms with Crippen molar-refractivity contribution < 1.29 is 24.2 Å². The van der Waals surface area contributed by atoms with E-state index in [0.29, 0.717) is 17.9 Å². The number of nitrogens with one attached hydrogen (secondary N) is 1. The Hall–Kier alpha value is -2.26. The number of aromatic amines is 1. The van der Waals surface area contributed by atoms with Gasteiger partial charge in [-0.15, -0.1) is 11.8 Å². The van der Waals surface area contributed by atoms with Crippen molar-refractivity contribution >= 4 is 35.0 Å². The minimum Gasteiger partial charge on any atom is -0.493 e. The summed E-state index contributed by atoms with van der Waals surface area (Å²) in [6.07, 6.45) is 0.702. The van der Waals surface area contributed by atoms with Crippen molar-refractivity contribution in [3.63, 3.8) is 0 Å². The number of carbonyl (C=O) groups excluding carboxylic acids is 1. The number of para-hydroxylation sites is 1. The Bertz CT molecular complexity index is 1120. The summed E-state index contributed by atoms with van der Waals surface area (Å²) in [5.41, 5.74) is 0.836. The fraction of sp³-hybridized carbons (Fsp3) is 0.450. The van der Waals surface area contributed by atoms with Gasteiger partial charge in [-0.1, -0.05) is 23.5 Å². The molecule has 2 aromatic rings. The number of aliphatic carboxylic acids is 1. The summed E-state index contributed by atoms with van der Waals surface area (Å²) >= 11 is 2.78. The lowest BCUT2D eigenvalue weighted by Crippen LogP contribution is -2.49. The van der Waals surface area contributed by atoms with Crippen LogP contribution in [0.2, 0.25) is 0 Å². The molecule has 0 saturated heterocycles. The maximum Gasteiger partial charge on any atom is 0.315 e. The van der Waals surface area contributed by atoms with E-state index < -0.39 is 23.8 Å². The molecule has 9 heteroatoms. The third kappa shape index (κ3) is 2.17. The number of hydrogen-bond donors (Lipinski definition) is 2. The lowest BCUT2D eigenvalue weighted by atomic mass is 9.66. The topological polar surface area (TPSA) is 106 Å². The van der Waals surface area contributed by atoms with Gasteiger partial charge < -0.3 is 19.6 Å². The average molecular weight is 431 g/mol. The number of fused-ring (bicyclic) bond motifs is 6. The number of thioether (sulfide) groups is 1. The molecule has 2 fully saturated rings. The fourth-order valence-electron chi connectivity index (χ4n) is 6.16. The summed E-state index contributed by atoms with van der Waals surface area (Å²) in [5, 5.41) is 10.8. The molecule has 0 radical (unpaired) electrons. The van der Waals surface area contributed by atoms with Gasteiger partial charge in [0.15, 0.2) is 11.5 Å². The minimum atomic E-state index is -0.944. The van der Waals surface area contributed by atoms with Crippen molar-refractivity contribution in [3.05, 3.63) is 38.3 Å². The molecular formula is C20H17NO6S2.